The summed E-state index contributed by atoms with van der Waals surface area (Å²) in [7, 11) is -3.85. The zero-order valence-corrected chi connectivity index (χ0v) is 25.1. The Labute approximate surface area is 258 Å². The van der Waals surface area contributed by atoms with Crippen LogP contribution in [0.4, 0.5) is 15.8 Å². The van der Waals surface area contributed by atoms with Gasteiger partial charge < -0.3 is 16.0 Å². The lowest BCUT2D eigenvalue weighted by atomic mass is 10.1. The highest BCUT2D eigenvalue weighted by atomic mass is 32.2. The predicted octanol–water partition coefficient (Wildman–Crippen LogP) is 5.39. The van der Waals surface area contributed by atoms with Crippen molar-refractivity contribution >= 4 is 57.0 Å². The smallest absolute Gasteiger partial charge is 0.272 e. The molecule has 0 saturated heterocycles. The molecule has 0 heterocycles. The lowest BCUT2D eigenvalue weighted by molar-refractivity contribution is -0.116. The molecular weight excluding hydrogens is 604 g/mol. The van der Waals surface area contributed by atoms with Gasteiger partial charge in [-0.05, 0) is 84.8 Å². The lowest BCUT2D eigenvalue weighted by Crippen LogP contribution is -2.30. The first-order valence-corrected chi connectivity index (χ1v) is 15.8. The molecule has 0 bridgehead atoms. The lowest BCUT2D eigenvalue weighted by Gasteiger charge is -2.16. The molecule has 9 nitrogen and oxygen atoms in total. The summed E-state index contributed by atoms with van der Waals surface area (Å²) < 4.78 is 36.4. The van der Waals surface area contributed by atoms with Gasteiger partial charge in [0.2, 0.25) is 15.9 Å². The van der Waals surface area contributed by atoms with Crippen molar-refractivity contribution in [2.24, 2.45) is 5.14 Å². The third-order valence-corrected chi connectivity index (χ3v) is 8.48. The largest absolute Gasteiger partial charge is 0.325 e. The fraction of sp³-hybridized carbons (Fsp3) is 0.0938. The molecule has 4 aromatic carbocycles. The normalized spacial score (nSPS) is 12.2. The molecule has 0 fully saturated rings. The van der Waals surface area contributed by atoms with Crippen LogP contribution in [-0.2, 0) is 19.6 Å². The second-order valence-corrected chi connectivity index (χ2v) is 12.3. The molecule has 44 heavy (non-hydrogen) atoms. The van der Waals surface area contributed by atoms with Gasteiger partial charge in [-0.3, -0.25) is 14.4 Å². The van der Waals surface area contributed by atoms with Crippen LogP contribution in [0.5, 0.6) is 0 Å². The SMILES string of the molecule is CCC(Sc1cccc(NC(=O)/C(=C/c2ccc(F)cc2)NC(=O)c2ccccc2)c1)C(=O)Nc1ccc(S(N)(=O)=O)cc1. The van der Waals surface area contributed by atoms with Gasteiger partial charge >= 0.3 is 0 Å². The second kappa shape index (κ2) is 14.6. The zero-order chi connectivity index (χ0) is 31.7. The second-order valence-electron chi connectivity index (χ2n) is 9.49. The van der Waals surface area contributed by atoms with Crippen LogP contribution in [0, 0.1) is 5.82 Å². The molecule has 5 N–H and O–H groups in total. The molecule has 0 aromatic heterocycles. The van der Waals surface area contributed by atoms with Gasteiger partial charge in [-0.1, -0.05) is 43.3 Å². The highest BCUT2D eigenvalue weighted by Crippen LogP contribution is 2.29. The minimum absolute atomic E-state index is 0.0530. The minimum Gasteiger partial charge on any atom is -0.325 e. The van der Waals surface area contributed by atoms with Crippen molar-refractivity contribution in [3.63, 3.8) is 0 Å². The Kier molecular flexibility index (Phi) is 10.7. The molecule has 0 aliphatic heterocycles. The van der Waals surface area contributed by atoms with E-state index >= 15 is 0 Å². The first-order valence-electron chi connectivity index (χ1n) is 13.4. The fourth-order valence-electron chi connectivity index (χ4n) is 3.95. The van der Waals surface area contributed by atoms with E-state index in [9.17, 15) is 27.2 Å². The van der Waals surface area contributed by atoms with Crippen LogP contribution >= 0.6 is 11.8 Å². The number of primary sulfonamides is 1. The number of carbonyl (C=O) groups excluding carboxylic acids is 3. The van der Waals surface area contributed by atoms with Crippen molar-refractivity contribution in [1.82, 2.24) is 5.32 Å². The number of anilines is 2. The van der Waals surface area contributed by atoms with Gasteiger partial charge in [-0.2, -0.15) is 0 Å². The Morgan fingerprint density at radius 3 is 2.18 bits per heavy atom. The van der Waals surface area contributed by atoms with Crippen molar-refractivity contribution in [2.75, 3.05) is 10.6 Å². The van der Waals surface area contributed by atoms with Crippen LogP contribution in [0.25, 0.3) is 6.08 Å². The van der Waals surface area contributed by atoms with E-state index in [0.29, 0.717) is 33.8 Å². The van der Waals surface area contributed by atoms with Crippen molar-refractivity contribution in [2.45, 2.75) is 28.4 Å². The van der Waals surface area contributed by atoms with Gasteiger partial charge in [-0.15, -0.1) is 11.8 Å². The molecular formula is C32H29FN4O5S2. The highest BCUT2D eigenvalue weighted by molar-refractivity contribution is 8.00. The maximum absolute atomic E-state index is 13.4. The Hall–Kier alpha value is -4.78. The highest BCUT2D eigenvalue weighted by Gasteiger charge is 2.20. The van der Waals surface area contributed by atoms with E-state index in [1.165, 1.54) is 66.4 Å². The molecule has 0 saturated carbocycles. The standard InChI is InChI=1S/C32H29FN4O5S2/c1-2-29(32(40)35-24-15-17-27(18-16-24)44(34,41)42)43-26-10-6-9-25(20-26)36-31(39)28(19-21-11-13-23(33)14-12-21)37-30(38)22-7-4-3-5-8-22/h3-20,29H,2H2,1H3,(H,35,40)(H,36,39)(H,37,38)(H2,34,41,42)/b28-19-. The van der Waals surface area contributed by atoms with Crippen LogP contribution in [0.2, 0.25) is 0 Å². The molecule has 12 heteroatoms. The van der Waals surface area contributed by atoms with E-state index in [1.54, 1.807) is 54.6 Å². The number of rotatable bonds is 11. The number of hydrogen-bond donors (Lipinski definition) is 4. The van der Waals surface area contributed by atoms with Gasteiger partial charge in [0.05, 0.1) is 10.1 Å². The van der Waals surface area contributed by atoms with Crippen molar-refractivity contribution in [1.29, 1.82) is 0 Å². The van der Waals surface area contributed by atoms with E-state index in [-0.39, 0.29) is 16.5 Å². The summed E-state index contributed by atoms with van der Waals surface area (Å²) >= 11 is 1.29. The summed E-state index contributed by atoms with van der Waals surface area (Å²) in [4.78, 5) is 39.8. The molecule has 4 aromatic rings. The minimum atomic E-state index is -3.85. The first-order chi connectivity index (χ1) is 21.0. The zero-order valence-electron chi connectivity index (χ0n) is 23.5. The number of nitrogens with two attached hydrogens (primary N) is 1. The van der Waals surface area contributed by atoms with E-state index in [2.05, 4.69) is 16.0 Å². The van der Waals surface area contributed by atoms with Crippen molar-refractivity contribution in [3.05, 3.63) is 126 Å². The van der Waals surface area contributed by atoms with Crippen molar-refractivity contribution in [3.8, 4) is 0 Å². The van der Waals surface area contributed by atoms with E-state index < -0.39 is 32.9 Å². The summed E-state index contributed by atoms with van der Waals surface area (Å²) in [6, 6.07) is 26.3. The topological polar surface area (TPSA) is 147 Å². The molecule has 1 atom stereocenters. The number of thioether (sulfide) groups is 1. The Bertz CT molecular complexity index is 1780. The van der Waals surface area contributed by atoms with E-state index in [0.717, 1.165) is 0 Å². The maximum Gasteiger partial charge on any atom is 0.272 e. The quantitative estimate of drug-likeness (QED) is 0.129. The number of hydrogen-bond acceptors (Lipinski definition) is 6. The monoisotopic (exact) mass is 632 g/mol. The molecule has 0 spiro atoms. The maximum atomic E-state index is 13.4. The van der Waals surface area contributed by atoms with Gasteiger partial charge in [0.25, 0.3) is 11.8 Å². The number of carbonyl (C=O) groups is 3. The summed E-state index contributed by atoms with van der Waals surface area (Å²) in [6.45, 7) is 1.86. The van der Waals surface area contributed by atoms with Crippen LogP contribution < -0.4 is 21.1 Å². The Morgan fingerprint density at radius 2 is 1.55 bits per heavy atom. The van der Waals surface area contributed by atoms with Crippen molar-refractivity contribution < 1.29 is 27.2 Å². The number of nitrogens with one attached hydrogen (secondary N) is 3. The molecule has 1 unspecified atom stereocenters. The molecule has 226 valence electrons. The molecule has 0 radical (unpaired) electrons. The van der Waals surface area contributed by atoms with E-state index in [4.69, 9.17) is 5.14 Å². The number of halogens is 1. The van der Waals surface area contributed by atoms with Crippen LogP contribution in [-0.4, -0.2) is 31.4 Å². The first kappa shape index (κ1) is 32.1. The van der Waals surface area contributed by atoms with Gasteiger partial charge in [0.1, 0.15) is 11.5 Å². The third kappa shape index (κ3) is 9.11. The van der Waals surface area contributed by atoms with Gasteiger partial charge in [0.15, 0.2) is 0 Å². The van der Waals surface area contributed by atoms with Crippen LogP contribution in [0.15, 0.2) is 119 Å². The summed E-state index contributed by atoms with van der Waals surface area (Å²) in [5, 5.41) is 12.8. The molecule has 0 aliphatic carbocycles. The van der Waals surface area contributed by atoms with Gasteiger partial charge in [-0.25, -0.2) is 17.9 Å². The average molecular weight is 633 g/mol. The summed E-state index contributed by atoms with van der Waals surface area (Å²) in [5.74, 6) is -1.82. The molecule has 0 aliphatic rings. The molecule has 3 amide bonds. The Balaban J connectivity index is 1.47. The van der Waals surface area contributed by atoms with Crippen LogP contribution in [0.1, 0.15) is 29.3 Å². The predicted molar refractivity (Wildman–Crippen MR) is 170 cm³/mol. The number of amides is 3. The molecule has 4 rings (SSSR count). The third-order valence-electron chi connectivity index (χ3n) is 6.19. The number of sulfonamides is 1. The van der Waals surface area contributed by atoms with Gasteiger partial charge in [0, 0.05) is 21.8 Å². The Morgan fingerprint density at radius 1 is 0.864 bits per heavy atom. The number of benzene rings is 4. The average Bonchev–Trinajstić information content (AvgIpc) is 3.01. The van der Waals surface area contributed by atoms with Crippen LogP contribution in [0.3, 0.4) is 0 Å². The fourth-order valence-corrected chi connectivity index (χ4v) is 5.48. The van der Waals surface area contributed by atoms with E-state index in [1.807, 2.05) is 6.92 Å². The summed E-state index contributed by atoms with van der Waals surface area (Å²) in [5.41, 5.74) is 1.65. The summed E-state index contributed by atoms with van der Waals surface area (Å²) in [6.07, 6.45) is 1.93.